The number of allylic oxidation sites excluding steroid dienone is 5. The molecule has 0 aromatic carbocycles. The molecule has 0 N–H and O–H groups in total. The van der Waals surface area contributed by atoms with Crippen molar-refractivity contribution in [1.82, 2.24) is 0 Å². The van der Waals surface area contributed by atoms with Gasteiger partial charge in [0.2, 0.25) is 0 Å². The maximum atomic E-state index is 3.90. The van der Waals surface area contributed by atoms with Crippen molar-refractivity contribution >= 4 is 0 Å². The van der Waals surface area contributed by atoms with Gasteiger partial charge in [0.1, 0.15) is 0 Å². The fraction of sp³-hybridized carbons (Fsp3) is 0.500. The van der Waals surface area contributed by atoms with Gasteiger partial charge in [0.05, 0.1) is 0 Å². The molecule has 0 unspecified atom stereocenters. The second-order valence-electron chi connectivity index (χ2n) is 2.47. The smallest absolute Gasteiger partial charge is 0 e. The summed E-state index contributed by atoms with van der Waals surface area (Å²) in [5.41, 5.74) is 2.56. The summed E-state index contributed by atoms with van der Waals surface area (Å²) >= 11 is 0. The largest absolute Gasteiger partial charge is 0.0955 e. The molecule has 0 atom stereocenters. The highest BCUT2D eigenvalue weighted by molar-refractivity contribution is 5.20. The van der Waals surface area contributed by atoms with Gasteiger partial charge in [0.15, 0.2) is 0 Å². The van der Waals surface area contributed by atoms with Crippen molar-refractivity contribution in [2.45, 2.75) is 41.0 Å². The monoisotopic (exact) mass is 168 g/mol. The lowest BCUT2D eigenvalue weighted by Crippen LogP contribution is -1.77. The lowest BCUT2D eigenvalue weighted by atomic mass is 10.1. The molecule has 0 saturated carbocycles. The molecule has 72 valence electrons. The molecule has 0 heteroatoms. The summed E-state index contributed by atoms with van der Waals surface area (Å²) < 4.78 is 0. The highest BCUT2D eigenvalue weighted by Gasteiger charge is 1.88. The van der Waals surface area contributed by atoms with Crippen molar-refractivity contribution in [1.29, 1.82) is 0 Å². The molecule has 0 saturated heterocycles. The van der Waals surface area contributed by atoms with Gasteiger partial charge in [-0.25, -0.2) is 0 Å². The zero-order valence-corrected chi connectivity index (χ0v) is 9.15. The molecule has 0 nitrogen and oxygen atoms in total. The topological polar surface area (TPSA) is 0 Å². The second-order valence-corrected chi connectivity index (χ2v) is 2.47. The average molecular weight is 168 g/mol. The Hall–Kier alpha value is -0.780. The molecule has 0 spiro atoms. The van der Waals surface area contributed by atoms with Crippen LogP contribution in [0, 0.1) is 0 Å². The van der Waals surface area contributed by atoms with E-state index in [4.69, 9.17) is 0 Å². The quantitative estimate of drug-likeness (QED) is 0.421. The van der Waals surface area contributed by atoms with Crippen molar-refractivity contribution in [2.24, 2.45) is 0 Å². The highest BCUT2D eigenvalue weighted by Crippen LogP contribution is 2.08. The Morgan fingerprint density at radius 3 is 2.17 bits per heavy atom. The summed E-state index contributed by atoms with van der Waals surface area (Å²) in [5.74, 6) is 0. The molecule has 0 radical (unpaired) electrons. The highest BCUT2D eigenvalue weighted by atomic mass is 13.9. The molecule has 0 aliphatic heterocycles. The molecule has 0 bridgehead atoms. The molecular formula is C12H24. The predicted molar refractivity (Wildman–Crippen MR) is 61.5 cm³/mol. The fourth-order valence-electron chi connectivity index (χ4n) is 0.755. The minimum Gasteiger partial charge on any atom is -0.0955 e. The van der Waals surface area contributed by atoms with Crippen LogP contribution in [0.15, 0.2) is 36.0 Å². The van der Waals surface area contributed by atoms with Gasteiger partial charge in [0, 0.05) is 1.43 Å². The van der Waals surface area contributed by atoms with E-state index in [9.17, 15) is 0 Å². The lowest BCUT2D eigenvalue weighted by molar-refractivity contribution is 1.15. The Kier molecular flexibility index (Phi) is 11.7. The van der Waals surface area contributed by atoms with Gasteiger partial charge in [0.25, 0.3) is 0 Å². The van der Waals surface area contributed by atoms with E-state index in [1.54, 1.807) is 0 Å². The summed E-state index contributed by atoms with van der Waals surface area (Å²) in [7, 11) is 0. The van der Waals surface area contributed by atoms with Crippen LogP contribution in [0.25, 0.3) is 0 Å². The number of rotatable bonds is 3. The number of hydrogen-bond acceptors (Lipinski definition) is 0. The van der Waals surface area contributed by atoms with Gasteiger partial charge in [-0.1, -0.05) is 49.8 Å². The van der Waals surface area contributed by atoms with Gasteiger partial charge in [-0.2, -0.15) is 0 Å². The van der Waals surface area contributed by atoms with Gasteiger partial charge < -0.3 is 0 Å². The van der Waals surface area contributed by atoms with Gasteiger partial charge >= 0.3 is 0 Å². The van der Waals surface area contributed by atoms with Crippen molar-refractivity contribution in [3.8, 4) is 0 Å². The Balaban J connectivity index is -0.000000309. The molecular weight excluding hydrogens is 144 g/mol. The van der Waals surface area contributed by atoms with Crippen LogP contribution in [0.5, 0.6) is 0 Å². The molecule has 12 heavy (non-hydrogen) atoms. The van der Waals surface area contributed by atoms with Crippen LogP contribution in [0.1, 0.15) is 42.5 Å². The molecule has 0 aliphatic rings. The van der Waals surface area contributed by atoms with Crippen molar-refractivity contribution < 1.29 is 1.43 Å². The van der Waals surface area contributed by atoms with E-state index in [0.29, 0.717) is 0 Å². The minimum absolute atomic E-state index is 0. The first-order valence-corrected chi connectivity index (χ1v) is 4.63. The van der Waals surface area contributed by atoms with Crippen LogP contribution in [0.2, 0.25) is 0 Å². The summed E-state index contributed by atoms with van der Waals surface area (Å²) in [4.78, 5) is 0. The lowest BCUT2D eigenvalue weighted by Gasteiger charge is -1.97. The van der Waals surface area contributed by atoms with Gasteiger partial charge in [-0.15, -0.1) is 0 Å². The standard InChI is InChI=1S/C10H16.C2H6.H2/c1-5-7-10(4)8-9(3)6-2;1-2;/h5-7H,4,8H2,1-3H3;1-2H3;1H/b7-5-,9-6+;;. The SMILES string of the molecule is C=C(/C=C\C)C/C(C)=C/C.CC.[HH]. The van der Waals surface area contributed by atoms with Gasteiger partial charge in [-0.3, -0.25) is 0 Å². The molecule has 0 aliphatic carbocycles. The Bertz CT molecular complexity index is 164. The zero-order valence-electron chi connectivity index (χ0n) is 9.15. The van der Waals surface area contributed by atoms with Gasteiger partial charge in [-0.05, 0) is 27.2 Å². The van der Waals surface area contributed by atoms with Crippen LogP contribution in [-0.2, 0) is 0 Å². The van der Waals surface area contributed by atoms with Crippen LogP contribution >= 0.6 is 0 Å². The zero-order chi connectivity index (χ0) is 9.98. The first-order chi connectivity index (χ1) is 5.70. The Morgan fingerprint density at radius 2 is 1.83 bits per heavy atom. The average Bonchev–Trinajstić information content (AvgIpc) is 2.08. The summed E-state index contributed by atoms with van der Waals surface area (Å²) in [6.07, 6.45) is 7.19. The Morgan fingerprint density at radius 1 is 1.33 bits per heavy atom. The third-order valence-electron chi connectivity index (χ3n) is 1.40. The first kappa shape index (κ1) is 13.8. The molecule has 0 rings (SSSR count). The third-order valence-corrected chi connectivity index (χ3v) is 1.40. The van der Waals surface area contributed by atoms with Crippen molar-refractivity contribution in [3.63, 3.8) is 0 Å². The minimum atomic E-state index is 0. The predicted octanol–water partition coefficient (Wildman–Crippen LogP) is 4.75. The summed E-state index contributed by atoms with van der Waals surface area (Å²) in [6.45, 7) is 14.1. The molecule has 0 aromatic heterocycles. The van der Waals surface area contributed by atoms with Crippen LogP contribution in [0.3, 0.4) is 0 Å². The van der Waals surface area contributed by atoms with Crippen LogP contribution in [-0.4, -0.2) is 0 Å². The molecule has 0 amide bonds. The maximum absolute atomic E-state index is 3.90. The van der Waals surface area contributed by atoms with E-state index < -0.39 is 0 Å². The maximum Gasteiger partial charge on any atom is 0 e. The van der Waals surface area contributed by atoms with Crippen LogP contribution < -0.4 is 0 Å². The van der Waals surface area contributed by atoms with E-state index in [1.165, 1.54) is 11.1 Å². The fourth-order valence-corrected chi connectivity index (χ4v) is 0.755. The first-order valence-electron chi connectivity index (χ1n) is 4.63. The summed E-state index contributed by atoms with van der Waals surface area (Å²) in [6, 6.07) is 0. The van der Waals surface area contributed by atoms with E-state index >= 15 is 0 Å². The Labute approximate surface area is 79.2 Å². The summed E-state index contributed by atoms with van der Waals surface area (Å²) in [5, 5.41) is 0. The third kappa shape index (κ3) is 9.22. The van der Waals surface area contributed by atoms with Crippen molar-refractivity contribution in [2.75, 3.05) is 0 Å². The molecule has 0 aromatic rings. The normalized spacial score (nSPS) is 10.9. The van der Waals surface area contributed by atoms with E-state index in [0.717, 1.165) is 6.42 Å². The molecule has 0 heterocycles. The van der Waals surface area contributed by atoms with Crippen LogP contribution in [0.4, 0.5) is 0 Å². The van der Waals surface area contributed by atoms with Crippen molar-refractivity contribution in [3.05, 3.63) is 36.0 Å². The number of hydrogen-bond donors (Lipinski definition) is 0. The van der Waals surface area contributed by atoms with E-state index in [-0.39, 0.29) is 1.43 Å². The second kappa shape index (κ2) is 10.2. The molecule has 0 fully saturated rings. The van der Waals surface area contributed by atoms with E-state index in [1.807, 2.05) is 32.9 Å². The van der Waals surface area contributed by atoms with E-state index in [2.05, 4.69) is 26.5 Å².